The molecular weight excluding hydrogens is 416 g/mol. The van der Waals surface area contributed by atoms with Gasteiger partial charge in [0.25, 0.3) is 0 Å². The van der Waals surface area contributed by atoms with E-state index in [1.165, 1.54) is 0 Å². The molecule has 1 amide bonds. The number of hydrogen-bond acceptors (Lipinski definition) is 4. The average molecular weight is 438 g/mol. The Labute approximate surface area is 190 Å². The number of rotatable bonds is 6. The second-order valence-corrected chi connectivity index (χ2v) is 8.06. The molecule has 1 heterocycles. The highest BCUT2D eigenvalue weighted by Crippen LogP contribution is 2.44. The average Bonchev–Trinajstić information content (AvgIpc) is 3.16. The zero-order valence-corrected chi connectivity index (χ0v) is 17.8. The lowest BCUT2D eigenvalue weighted by atomic mass is 9.98. The van der Waals surface area contributed by atoms with Crippen molar-refractivity contribution in [1.29, 1.82) is 0 Å². The first-order valence-electron chi connectivity index (χ1n) is 10.8. The maximum absolute atomic E-state index is 12.6. The topological polar surface area (TPSA) is 88.5 Å². The molecule has 1 aliphatic carbocycles. The molecule has 5 rings (SSSR count). The Morgan fingerprint density at radius 1 is 0.909 bits per heavy atom. The Morgan fingerprint density at radius 3 is 2.27 bits per heavy atom. The van der Waals surface area contributed by atoms with Crippen LogP contribution in [0.4, 0.5) is 4.79 Å². The van der Waals surface area contributed by atoms with Crippen molar-refractivity contribution in [3.05, 3.63) is 102 Å². The molecule has 4 aromatic rings. The van der Waals surface area contributed by atoms with Gasteiger partial charge in [0, 0.05) is 23.9 Å². The van der Waals surface area contributed by atoms with Crippen LogP contribution in [0.3, 0.4) is 0 Å². The maximum atomic E-state index is 12.6. The van der Waals surface area contributed by atoms with Crippen LogP contribution in [0.5, 0.6) is 0 Å². The Bertz CT molecular complexity index is 1300. The Balaban J connectivity index is 1.29. The molecule has 0 fully saturated rings. The van der Waals surface area contributed by atoms with Crippen LogP contribution in [0, 0.1) is 0 Å². The van der Waals surface area contributed by atoms with Gasteiger partial charge in [-0.2, -0.15) is 0 Å². The summed E-state index contributed by atoms with van der Waals surface area (Å²) in [6, 6.07) is 24.3. The standard InChI is InChI=1S/C27H22N2O4/c30-26(31)24(15-18-8-5-7-17-9-6-14-28-25(17)18)29-27(32)33-16-23-21-12-3-1-10-19(21)20-11-2-4-13-22(20)23/h1-14,23-24H,15-16H2,(H,29,32)(H,30,31)/t24-/m1/s1. The largest absolute Gasteiger partial charge is 0.480 e. The molecule has 1 aliphatic rings. The lowest BCUT2D eigenvalue weighted by molar-refractivity contribution is -0.139. The third-order valence-corrected chi connectivity index (χ3v) is 6.07. The van der Waals surface area contributed by atoms with Crippen LogP contribution in [0.2, 0.25) is 0 Å². The van der Waals surface area contributed by atoms with Crippen molar-refractivity contribution in [2.45, 2.75) is 18.4 Å². The fraction of sp³-hybridized carbons (Fsp3) is 0.148. The number of carboxylic acid groups (broad SMARTS) is 1. The first-order chi connectivity index (χ1) is 16.1. The number of alkyl carbamates (subject to hydrolysis) is 1. The number of aliphatic carboxylic acids is 1. The lowest BCUT2D eigenvalue weighted by Gasteiger charge is -2.18. The van der Waals surface area contributed by atoms with E-state index < -0.39 is 18.1 Å². The Morgan fingerprint density at radius 2 is 1.58 bits per heavy atom. The van der Waals surface area contributed by atoms with Gasteiger partial charge in [0.15, 0.2) is 0 Å². The number of amides is 1. The second kappa shape index (κ2) is 8.74. The summed E-state index contributed by atoms with van der Waals surface area (Å²) >= 11 is 0. The molecule has 6 heteroatoms. The number of carbonyl (C=O) groups excluding carboxylic acids is 1. The summed E-state index contributed by atoms with van der Waals surface area (Å²) in [4.78, 5) is 28.8. The van der Waals surface area contributed by atoms with Crippen molar-refractivity contribution in [2.24, 2.45) is 0 Å². The third kappa shape index (κ3) is 4.03. The van der Waals surface area contributed by atoms with Crippen LogP contribution in [-0.4, -0.2) is 34.8 Å². The van der Waals surface area contributed by atoms with E-state index >= 15 is 0 Å². The number of nitrogens with zero attached hydrogens (tertiary/aromatic N) is 1. The number of aromatic nitrogens is 1. The lowest BCUT2D eigenvalue weighted by Crippen LogP contribution is -2.43. The van der Waals surface area contributed by atoms with Gasteiger partial charge in [0.2, 0.25) is 0 Å². The van der Waals surface area contributed by atoms with Crippen molar-refractivity contribution in [3.8, 4) is 11.1 Å². The summed E-state index contributed by atoms with van der Waals surface area (Å²) in [5.41, 5.74) is 5.94. The van der Waals surface area contributed by atoms with E-state index in [4.69, 9.17) is 4.74 Å². The van der Waals surface area contributed by atoms with Gasteiger partial charge < -0.3 is 15.2 Å². The molecule has 0 radical (unpaired) electrons. The van der Waals surface area contributed by atoms with Gasteiger partial charge in [-0.1, -0.05) is 72.8 Å². The quantitative estimate of drug-likeness (QED) is 0.453. The number of ether oxygens (including phenoxy) is 1. The molecule has 1 aromatic heterocycles. The third-order valence-electron chi connectivity index (χ3n) is 6.07. The second-order valence-electron chi connectivity index (χ2n) is 8.06. The van der Waals surface area contributed by atoms with Crippen molar-refractivity contribution in [1.82, 2.24) is 10.3 Å². The zero-order chi connectivity index (χ0) is 22.8. The molecule has 0 bridgehead atoms. The molecule has 2 N–H and O–H groups in total. The minimum absolute atomic E-state index is 0.0892. The van der Waals surface area contributed by atoms with Crippen LogP contribution in [0.15, 0.2) is 85.1 Å². The smallest absolute Gasteiger partial charge is 0.407 e. The molecule has 164 valence electrons. The summed E-state index contributed by atoms with van der Waals surface area (Å²) in [7, 11) is 0. The highest BCUT2D eigenvalue weighted by molar-refractivity contribution is 5.84. The predicted molar refractivity (Wildman–Crippen MR) is 125 cm³/mol. The molecule has 6 nitrogen and oxygen atoms in total. The SMILES string of the molecule is O=C(N[C@H](Cc1cccc2cccnc12)C(=O)O)OCC1c2ccccc2-c2ccccc21. The van der Waals surface area contributed by atoms with Crippen molar-refractivity contribution in [3.63, 3.8) is 0 Å². The molecule has 0 spiro atoms. The molecule has 0 unspecified atom stereocenters. The molecule has 0 saturated carbocycles. The van der Waals surface area contributed by atoms with E-state index in [1.54, 1.807) is 6.20 Å². The molecule has 0 aliphatic heterocycles. The summed E-state index contributed by atoms with van der Waals surface area (Å²) < 4.78 is 5.52. The highest BCUT2D eigenvalue weighted by Gasteiger charge is 2.30. The van der Waals surface area contributed by atoms with E-state index in [2.05, 4.69) is 22.4 Å². The number of pyridine rings is 1. The van der Waals surface area contributed by atoms with Gasteiger partial charge in [0.05, 0.1) is 5.52 Å². The minimum atomic E-state index is -1.13. The van der Waals surface area contributed by atoms with Gasteiger partial charge in [0.1, 0.15) is 12.6 Å². The van der Waals surface area contributed by atoms with Gasteiger partial charge in [-0.15, -0.1) is 0 Å². The van der Waals surface area contributed by atoms with Crippen LogP contribution < -0.4 is 5.32 Å². The van der Waals surface area contributed by atoms with E-state index in [0.717, 1.165) is 38.7 Å². The number of nitrogens with one attached hydrogen (secondary N) is 1. The number of hydrogen-bond donors (Lipinski definition) is 2. The van der Waals surface area contributed by atoms with E-state index in [1.807, 2.05) is 66.7 Å². The van der Waals surface area contributed by atoms with E-state index in [0.29, 0.717) is 0 Å². The van der Waals surface area contributed by atoms with Gasteiger partial charge in [-0.25, -0.2) is 9.59 Å². The van der Waals surface area contributed by atoms with Crippen molar-refractivity contribution in [2.75, 3.05) is 6.61 Å². The normalized spacial score (nSPS) is 13.2. The Hall–Kier alpha value is -4.19. The molecule has 33 heavy (non-hydrogen) atoms. The monoisotopic (exact) mass is 438 g/mol. The first-order valence-corrected chi connectivity index (χ1v) is 10.8. The molecule has 1 atom stereocenters. The highest BCUT2D eigenvalue weighted by atomic mass is 16.5. The van der Waals surface area contributed by atoms with Crippen LogP contribution in [-0.2, 0) is 16.0 Å². The minimum Gasteiger partial charge on any atom is -0.480 e. The molecular formula is C27H22N2O4. The molecule has 0 saturated heterocycles. The maximum Gasteiger partial charge on any atom is 0.407 e. The first kappa shape index (κ1) is 20.7. The van der Waals surface area contributed by atoms with Crippen molar-refractivity contribution >= 4 is 23.0 Å². The van der Waals surface area contributed by atoms with Gasteiger partial charge in [-0.05, 0) is 33.9 Å². The molecule has 3 aromatic carbocycles. The summed E-state index contributed by atoms with van der Waals surface area (Å²) in [6.45, 7) is 0.127. The summed E-state index contributed by atoms with van der Waals surface area (Å²) in [5, 5.41) is 13.1. The summed E-state index contributed by atoms with van der Waals surface area (Å²) in [5.74, 6) is -1.22. The van der Waals surface area contributed by atoms with Gasteiger partial charge in [-0.3, -0.25) is 4.98 Å². The van der Waals surface area contributed by atoms with Crippen LogP contribution in [0.1, 0.15) is 22.6 Å². The van der Waals surface area contributed by atoms with Crippen LogP contribution in [0.25, 0.3) is 22.0 Å². The number of carbonyl (C=O) groups is 2. The predicted octanol–water partition coefficient (Wildman–Crippen LogP) is 4.77. The van der Waals surface area contributed by atoms with Gasteiger partial charge >= 0.3 is 12.1 Å². The van der Waals surface area contributed by atoms with Crippen molar-refractivity contribution < 1.29 is 19.4 Å². The fourth-order valence-electron chi connectivity index (χ4n) is 4.53. The zero-order valence-electron chi connectivity index (χ0n) is 17.8. The number of benzene rings is 3. The number of carboxylic acids is 1. The van der Waals surface area contributed by atoms with E-state index in [-0.39, 0.29) is 18.9 Å². The number of fused-ring (bicyclic) bond motifs is 4. The Kier molecular flexibility index (Phi) is 5.48. The van der Waals surface area contributed by atoms with Crippen LogP contribution >= 0.6 is 0 Å². The summed E-state index contributed by atoms with van der Waals surface area (Å²) in [6.07, 6.45) is 1.02. The number of para-hydroxylation sites is 1. The van der Waals surface area contributed by atoms with E-state index in [9.17, 15) is 14.7 Å². The fourth-order valence-corrected chi connectivity index (χ4v) is 4.53.